The normalized spacial score (nSPS) is 19.6. The molecule has 2 aromatic rings. The number of aryl methyl sites for hydroxylation is 1. The zero-order valence-electron chi connectivity index (χ0n) is 11.4. The standard InChI is InChI=1S/C13H15N3O3S2/c1-8-15-11-3-2-10(5-12(11)20-8)16-6-9(4-13(16)17)7-21(14,18)19/h2-3,5,9H,4,6-7H2,1H3,(H2,14,18,19). The van der Waals surface area contributed by atoms with E-state index in [1.165, 1.54) is 0 Å². The Bertz CT molecular complexity index is 813. The minimum Gasteiger partial charge on any atom is -0.312 e. The zero-order valence-corrected chi connectivity index (χ0v) is 13.1. The van der Waals surface area contributed by atoms with Gasteiger partial charge in [-0.1, -0.05) is 0 Å². The predicted octanol–water partition coefficient (Wildman–Crippen LogP) is 1.25. The maximum Gasteiger partial charge on any atom is 0.227 e. The number of amides is 1. The van der Waals surface area contributed by atoms with Crippen molar-refractivity contribution < 1.29 is 13.2 Å². The Morgan fingerprint density at radius 2 is 2.24 bits per heavy atom. The molecule has 21 heavy (non-hydrogen) atoms. The van der Waals surface area contributed by atoms with E-state index in [-0.39, 0.29) is 24.0 Å². The Balaban J connectivity index is 1.86. The van der Waals surface area contributed by atoms with Crippen LogP contribution in [0.25, 0.3) is 10.2 Å². The summed E-state index contributed by atoms with van der Waals surface area (Å²) in [7, 11) is -3.55. The van der Waals surface area contributed by atoms with E-state index in [0.717, 1.165) is 20.9 Å². The highest BCUT2D eigenvalue weighted by Gasteiger charge is 2.32. The molecule has 0 radical (unpaired) electrons. The average Bonchev–Trinajstić information content (AvgIpc) is 2.88. The lowest BCUT2D eigenvalue weighted by molar-refractivity contribution is -0.117. The van der Waals surface area contributed by atoms with Crippen LogP contribution in [0.5, 0.6) is 0 Å². The summed E-state index contributed by atoms with van der Waals surface area (Å²) in [5.74, 6) is -0.465. The molecular formula is C13H15N3O3S2. The van der Waals surface area contributed by atoms with Crippen LogP contribution >= 0.6 is 11.3 Å². The third kappa shape index (κ3) is 3.07. The first kappa shape index (κ1) is 14.4. The van der Waals surface area contributed by atoms with Gasteiger partial charge in [0.2, 0.25) is 15.9 Å². The number of carbonyl (C=O) groups is 1. The van der Waals surface area contributed by atoms with E-state index in [0.29, 0.717) is 6.54 Å². The highest BCUT2D eigenvalue weighted by Crippen LogP contribution is 2.30. The van der Waals surface area contributed by atoms with E-state index in [4.69, 9.17) is 5.14 Å². The summed E-state index contributed by atoms with van der Waals surface area (Å²) in [6, 6.07) is 5.66. The predicted molar refractivity (Wildman–Crippen MR) is 82.8 cm³/mol. The molecular weight excluding hydrogens is 310 g/mol. The molecule has 1 aliphatic rings. The second-order valence-corrected chi connectivity index (χ2v) is 8.18. The summed E-state index contributed by atoms with van der Waals surface area (Å²) in [5.41, 5.74) is 1.70. The molecule has 0 saturated carbocycles. The van der Waals surface area contributed by atoms with Crippen LogP contribution in [0.4, 0.5) is 5.69 Å². The molecule has 1 saturated heterocycles. The van der Waals surface area contributed by atoms with E-state index in [1.807, 2.05) is 25.1 Å². The van der Waals surface area contributed by atoms with Gasteiger partial charge >= 0.3 is 0 Å². The number of thiazole rings is 1. The minimum absolute atomic E-state index is 0.0655. The summed E-state index contributed by atoms with van der Waals surface area (Å²) in [5, 5.41) is 6.03. The van der Waals surface area contributed by atoms with Crippen LogP contribution in [0.1, 0.15) is 11.4 Å². The third-order valence-corrected chi connectivity index (χ3v) is 5.33. The third-order valence-electron chi connectivity index (χ3n) is 3.46. The van der Waals surface area contributed by atoms with E-state index in [1.54, 1.807) is 16.2 Å². The number of nitrogens with zero attached hydrogens (tertiary/aromatic N) is 2. The van der Waals surface area contributed by atoms with E-state index >= 15 is 0 Å². The van der Waals surface area contributed by atoms with Crippen LogP contribution in [0.15, 0.2) is 18.2 Å². The number of nitrogens with two attached hydrogens (primary N) is 1. The topological polar surface area (TPSA) is 93.4 Å². The maximum absolute atomic E-state index is 12.1. The summed E-state index contributed by atoms with van der Waals surface area (Å²) < 4.78 is 23.3. The first-order valence-electron chi connectivity index (χ1n) is 6.50. The van der Waals surface area contributed by atoms with Crippen molar-refractivity contribution >= 4 is 43.2 Å². The average molecular weight is 325 g/mol. The largest absolute Gasteiger partial charge is 0.312 e. The molecule has 2 heterocycles. The number of benzene rings is 1. The number of aromatic nitrogens is 1. The number of fused-ring (bicyclic) bond motifs is 1. The van der Waals surface area contributed by atoms with Gasteiger partial charge in [-0.2, -0.15) is 0 Å². The molecule has 0 bridgehead atoms. The van der Waals surface area contributed by atoms with Crippen molar-refractivity contribution in [1.82, 2.24) is 4.98 Å². The number of hydrogen-bond acceptors (Lipinski definition) is 5. The van der Waals surface area contributed by atoms with Crippen LogP contribution in [-0.2, 0) is 14.8 Å². The molecule has 6 nitrogen and oxygen atoms in total. The van der Waals surface area contributed by atoms with Crippen LogP contribution in [0.3, 0.4) is 0 Å². The molecule has 8 heteroatoms. The molecule has 3 rings (SSSR count). The number of hydrogen-bond donors (Lipinski definition) is 1. The summed E-state index contributed by atoms with van der Waals surface area (Å²) in [6.07, 6.45) is 0.218. The van der Waals surface area contributed by atoms with Crippen molar-refractivity contribution in [3.63, 3.8) is 0 Å². The lowest BCUT2D eigenvalue weighted by Crippen LogP contribution is -2.27. The second-order valence-electron chi connectivity index (χ2n) is 5.29. The Kier molecular flexibility index (Phi) is 3.46. The van der Waals surface area contributed by atoms with E-state index in [2.05, 4.69) is 4.98 Å². The first-order valence-corrected chi connectivity index (χ1v) is 9.03. The smallest absolute Gasteiger partial charge is 0.227 e. The molecule has 1 aromatic heterocycles. The maximum atomic E-state index is 12.1. The van der Waals surface area contributed by atoms with Crippen LogP contribution in [0, 0.1) is 12.8 Å². The van der Waals surface area contributed by atoms with Gasteiger partial charge in [0, 0.05) is 24.6 Å². The second kappa shape index (κ2) is 5.04. The van der Waals surface area contributed by atoms with Gasteiger partial charge < -0.3 is 4.90 Å². The van der Waals surface area contributed by atoms with Crippen molar-refractivity contribution in [2.45, 2.75) is 13.3 Å². The minimum atomic E-state index is -3.55. The van der Waals surface area contributed by atoms with Gasteiger partial charge in [-0.3, -0.25) is 4.79 Å². The van der Waals surface area contributed by atoms with Gasteiger partial charge in [-0.25, -0.2) is 18.5 Å². The molecule has 0 spiro atoms. The highest BCUT2D eigenvalue weighted by molar-refractivity contribution is 7.89. The first-order chi connectivity index (χ1) is 9.82. The highest BCUT2D eigenvalue weighted by atomic mass is 32.2. The van der Waals surface area contributed by atoms with Gasteiger partial charge in [-0.15, -0.1) is 11.3 Å². The van der Waals surface area contributed by atoms with Crippen molar-refractivity contribution in [2.75, 3.05) is 17.2 Å². The molecule has 1 unspecified atom stereocenters. The van der Waals surface area contributed by atoms with Crippen molar-refractivity contribution in [3.8, 4) is 0 Å². The number of anilines is 1. The van der Waals surface area contributed by atoms with Crippen LogP contribution in [-0.4, -0.2) is 31.6 Å². The molecule has 0 aliphatic carbocycles. The fraction of sp³-hybridized carbons (Fsp3) is 0.385. The lowest BCUT2D eigenvalue weighted by Gasteiger charge is -2.16. The monoisotopic (exact) mass is 325 g/mol. The summed E-state index contributed by atoms with van der Waals surface area (Å²) >= 11 is 1.57. The quantitative estimate of drug-likeness (QED) is 0.919. The summed E-state index contributed by atoms with van der Waals surface area (Å²) in [6.45, 7) is 2.33. The molecule has 1 fully saturated rings. The van der Waals surface area contributed by atoms with Gasteiger partial charge in [-0.05, 0) is 25.1 Å². The fourth-order valence-corrected chi connectivity index (χ4v) is 4.41. The zero-order chi connectivity index (χ0) is 15.2. The molecule has 1 atom stereocenters. The number of rotatable bonds is 3. The Morgan fingerprint density at radius 1 is 1.48 bits per heavy atom. The Hall–Kier alpha value is -1.51. The van der Waals surface area contributed by atoms with Gasteiger partial charge in [0.25, 0.3) is 0 Å². The molecule has 1 amide bonds. The van der Waals surface area contributed by atoms with Gasteiger partial charge in [0.15, 0.2) is 0 Å². The Morgan fingerprint density at radius 3 is 2.95 bits per heavy atom. The number of sulfonamides is 1. The fourth-order valence-electron chi connectivity index (χ4n) is 2.67. The van der Waals surface area contributed by atoms with Crippen LogP contribution < -0.4 is 10.0 Å². The molecule has 112 valence electrons. The molecule has 2 N–H and O–H groups in total. The summed E-state index contributed by atoms with van der Waals surface area (Å²) in [4.78, 5) is 18.1. The lowest BCUT2D eigenvalue weighted by atomic mass is 10.1. The van der Waals surface area contributed by atoms with E-state index in [9.17, 15) is 13.2 Å². The van der Waals surface area contributed by atoms with Gasteiger partial charge in [0.05, 0.1) is 21.0 Å². The van der Waals surface area contributed by atoms with Crippen molar-refractivity contribution in [1.29, 1.82) is 0 Å². The van der Waals surface area contributed by atoms with Crippen LogP contribution in [0.2, 0.25) is 0 Å². The molecule has 1 aromatic carbocycles. The van der Waals surface area contributed by atoms with E-state index < -0.39 is 10.0 Å². The van der Waals surface area contributed by atoms with Crippen molar-refractivity contribution in [3.05, 3.63) is 23.2 Å². The van der Waals surface area contributed by atoms with Crippen molar-refractivity contribution in [2.24, 2.45) is 11.1 Å². The number of carbonyl (C=O) groups excluding carboxylic acids is 1. The van der Waals surface area contributed by atoms with Gasteiger partial charge in [0.1, 0.15) is 0 Å². The number of primary sulfonamides is 1. The Labute approximate surface area is 126 Å². The molecule has 1 aliphatic heterocycles. The SMILES string of the molecule is Cc1nc2ccc(N3CC(CS(N)(=O)=O)CC3=O)cc2s1.